The van der Waals surface area contributed by atoms with Gasteiger partial charge in [-0.05, 0) is 46.0 Å². The zero-order chi connectivity index (χ0) is 18.1. The van der Waals surface area contributed by atoms with Crippen molar-refractivity contribution in [2.45, 2.75) is 31.2 Å². The third-order valence-electron chi connectivity index (χ3n) is 3.70. The molecule has 1 N–H and O–H groups in total. The fourth-order valence-corrected chi connectivity index (χ4v) is 4.44. The van der Waals surface area contributed by atoms with Crippen LogP contribution >= 0.6 is 11.6 Å². The van der Waals surface area contributed by atoms with Gasteiger partial charge in [0.1, 0.15) is 4.90 Å². The van der Waals surface area contributed by atoms with Crippen LogP contribution in [0.25, 0.3) is 0 Å². The first-order chi connectivity index (χ1) is 11.0. The smallest absolute Gasteiger partial charge is 0.253 e. The second-order valence-electron chi connectivity index (χ2n) is 7.10. The van der Waals surface area contributed by atoms with Gasteiger partial charge in [0.25, 0.3) is 5.91 Å². The molecule has 0 aromatic heterocycles. The van der Waals surface area contributed by atoms with Gasteiger partial charge in [0, 0.05) is 37.3 Å². The zero-order valence-electron chi connectivity index (χ0n) is 14.5. The van der Waals surface area contributed by atoms with E-state index in [1.807, 2.05) is 7.05 Å². The fraction of sp³-hybridized carbons (Fsp3) is 0.562. The normalized spacial score (nSPS) is 17.1. The van der Waals surface area contributed by atoms with Gasteiger partial charge < -0.3 is 9.80 Å². The Bertz CT molecular complexity index is 721. The van der Waals surface area contributed by atoms with E-state index in [4.69, 9.17) is 11.6 Å². The van der Waals surface area contributed by atoms with Crippen LogP contribution in [0.15, 0.2) is 23.1 Å². The first-order valence-corrected chi connectivity index (χ1v) is 9.67. The van der Waals surface area contributed by atoms with E-state index in [0.717, 1.165) is 13.1 Å². The number of amides is 1. The van der Waals surface area contributed by atoms with Crippen molar-refractivity contribution in [1.29, 1.82) is 0 Å². The highest BCUT2D eigenvalue weighted by molar-refractivity contribution is 7.89. The summed E-state index contributed by atoms with van der Waals surface area (Å²) in [6.07, 6.45) is 0. The van der Waals surface area contributed by atoms with Crippen LogP contribution in [-0.2, 0) is 10.0 Å². The zero-order valence-corrected chi connectivity index (χ0v) is 16.0. The summed E-state index contributed by atoms with van der Waals surface area (Å²) < 4.78 is 27.6. The number of nitrogens with one attached hydrogen (secondary N) is 1. The molecule has 0 unspecified atom stereocenters. The van der Waals surface area contributed by atoms with Crippen LogP contribution in [0.3, 0.4) is 0 Å². The standard InChI is InChI=1S/C16H24ClN3O3S/c1-16(2,3)18-24(22,23)14-11-12(5-6-13(14)17)15(21)20-9-7-19(4)8-10-20/h5-6,11,18H,7-10H2,1-4H3. The molecule has 0 aliphatic carbocycles. The molecule has 1 amide bonds. The lowest BCUT2D eigenvalue weighted by atomic mass is 10.1. The molecule has 1 aliphatic rings. The number of halogens is 1. The van der Waals surface area contributed by atoms with Crippen molar-refractivity contribution < 1.29 is 13.2 Å². The maximum absolute atomic E-state index is 12.6. The van der Waals surface area contributed by atoms with E-state index in [1.165, 1.54) is 12.1 Å². The second-order valence-corrected chi connectivity index (χ2v) is 9.15. The largest absolute Gasteiger partial charge is 0.336 e. The van der Waals surface area contributed by atoms with Gasteiger partial charge in [0.15, 0.2) is 0 Å². The van der Waals surface area contributed by atoms with E-state index in [9.17, 15) is 13.2 Å². The molecule has 0 radical (unpaired) electrons. The monoisotopic (exact) mass is 373 g/mol. The van der Waals surface area contributed by atoms with Crippen molar-refractivity contribution in [2.75, 3.05) is 33.2 Å². The minimum absolute atomic E-state index is 0.0703. The van der Waals surface area contributed by atoms with Crippen LogP contribution in [0.1, 0.15) is 31.1 Å². The van der Waals surface area contributed by atoms with Crippen molar-refractivity contribution in [3.8, 4) is 0 Å². The van der Waals surface area contributed by atoms with Gasteiger partial charge in [-0.3, -0.25) is 4.79 Å². The SMILES string of the molecule is CN1CCN(C(=O)c2ccc(Cl)c(S(=O)(=O)NC(C)(C)C)c2)CC1. The van der Waals surface area contributed by atoms with Crippen LogP contribution in [0.2, 0.25) is 5.02 Å². The predicted octanol–water partition coefficient (Wildman–Crippen LogP) is 1.80. The third kappa shape index (κ3) is 4.69. The minimum atomic E-state index is -3.81. The Balaban J connectivity index is 2.30. The van der Waals surface area contributed by atoms with E-state index in [-0.39, 0.29) is 15.8 Å². The Hall–Kier alpha value is -1.15. The lowest BCUT2D eigenvalue weighted by Crippen LogP contribution is -2.47. The average molecular weight is 374 g/mol. The Morgan fingerprint density at radius 3 is 2.29 bits per heavy atom. The average Bonchev–Trinajstić information content (AvgIpc) is 2.45. The van der Waals surface area contributed by atoms with Crippen molar-refractivity contribution in [3.05, 3.63) is 28.8 Å². The van der Waals surface area contributed by atoms with Crippen molar-refractivity contribution in [3.63, 3.8) is 0 Å². The summed E-state index contributed by atoms with van der Waals surface area (Å²) in [6, 6.07) is 4.39. The summed E-state index contributed by atoms with van der Waals surface area (Å²) in [5.74, 6) is -0.174. The Labute approximate surface area is 148 Å². The van der Waals surface area contributed by atoms with E-state index in [0.29, 0.717) is 18.7 Å². The van der Waals surface area contributed by atoms with Crippen LogP contribution < -0.4 is 4.72 Å². The molecule has 1 fully saturated rings. The number of piperazine rings is 1. The van der Waals surface area contributed by atoms with Gasteiger partial charge in [0.05, 0.1) is 5.02 Å². The highest BCUT2D eigenvalue weighted by atomic mass is 35.5. The summed E-state index contributed by atoms with van der Waals surface area (Å²) in [4.78, 5) is 16.4. The van der Waals surface area contributed by atoms with Crippen molar-refractivity contribution in [1.82, 2.24) is 14.5 Å². The van der Waals surface area contributed by atoms with Gasteiger partial charge in [-0.15, -0.1) is 0 Å². The molecule has 2 rings (SSSR count). The van der Waals surface area contributed by atoms with Crippen molar-refractivity contribution >= 4 is 27.5 Å². The molecule has 8 heteroatoms. The molecule has 1 aromatic rings. The maximum Gasteiger partial charge on any atom is 0.253 e. The molecule has 0 spiro atoms. The van der Waals surface area contributed by atoms with Gasteiger partial charge in [-0.1, -0.05) is 11.6 Å². The predicted molar refractivity (Wildman–Crippen MR) is 94.9 cm³/mol. The molecule has 1 saturated heterocycles. The number of hydrogen-bond acceptors (Lipinski definition) is 4. The molecule has 24 heavy (non-hydrogen) atoms. The second kappa shape index (κ2) is 7.00. The molecular formula is C16H24ClN3O3S. The molecule has 134 valence electrons. The summed E-state index contributed by atoms with van der Waals surface area (Å²) in [5.41, 5.74) is -0.308. The summed E-state index contributed by atoms with van der Waals surface area (Å²) in [7, 11) is -1.80. The summed E-state index contributed by atoms with van der Waals surface area (Å²) >= 11 is 6.07. The number of likely N-dealkylation sites (N-methyl/N-ethyl adjacent to an activating group) is 1. The minimum Gasteiger partial charge on any atom is -0.336 e. The lowest BCUT2D eigenvalue weighted by molar-refractivity contribution is 0.0664. The Morgan fingerprint density at radius 1 is 1.17 bits per heavy atom. The van der Waals surface area contributed by atoms with E-state index >= 15 is 0 Å². The van der Waals surface area contributed by atoms with Crippen molar-refractivity contribution in [2.24, 2.45) is 0 Å². The molecule has 0 atom stereocenters. The first-order valence-electron chi connectivity index (χ1n) is 7.81. The van der Waals surface area contributed by atoms with Crippen LogP contribution in [-0.4, -0.2) is 62.9 Å². The Kier molecular flexibility index (Phi) is 5.59. The molecule has 1 aromatic carbocycles. The number of hydrogen-bond donors (Lipinski definition) is 1. The molecular weight excluding hydrogens is 350 g/mol. The molecule has 0 saturated carbocycles. The molecule has 0 bridgehead atoms. The van der Waals surface area contributed by atoms with Crippen LogP contribution in [0, 0.1) is 0 Å². The third-order valence-corrected chi connectivity index (χ3v) is 5.94. The highest BCUT2D eigenvalue weighted by Gasteiger charge is 2.27. The van der Waals surface area contributed by atoms with E-state index in [2.05, 4.69) is 9.62 Å². The number of sulfonamides is 1. The first kappa shape index (κ1) is 19.2. The van der Waals surface area contributed by atoms with Gasteiger partial charge in [-0.25, -0.2) is 13.1 Å². The van der Waals surface area contributed by atoms with Crippen LogP contribution in [0.4, 0.5) is 0 Å². The van der Waals surface area contributed by atoms with Gasteiger partial charge in [-0.2, -0.15) is 0 Å². The number of rotatable bonds is 3. The quantitative estimate of drug-likeness (QED) is 0.877. The topological polar surface area (TPSA) is 69.7 Å². The van der Waals surface area contributed by atoms with E-state index < -0.39 is 15.6 Å². The number of nitrogens with zero attached hydrogens (tertiary/aromatic N) is 2. The van der Waals surface area contributed by atoms with Crippen LogP contribution in [0.5, 0.6) is 0 Å². The Morgan fingerprint density at radius 2 is 1.75 bits per heavy atom. The summed E-state index contributed by atoms with van der Waals surface area (Å²) in [6.45, 7) is 8.10. The number of carbonyl (C=O) groups is 1. The maximum atomic E-state index is 12.6. The van der Waals surface area contributed by atoms with E-state index in [1.54, 1.807) is 31.7 Å². The van der Waals surface area contributed by atoms with Gasteiger partial charge in [0.2, 0.25) is 10.0 Å². The molecule has 1 aliphatic heterocycles. The highest BCUT2D eigenvalue weighted by Crippen LogP contribution is 2.24. The fourth-order valence-electron chi connectivity index (χ4n) is 2.49. The molecule has 1 heterocycles. The van der Waals surface area contributed by atoms with Gasteiger partial charge >= 0.3 is 0 Å². The number of benzene rings is 1. The number of carbonyl (C=O) groups excluding carboxylic acids is 1. The lowest BCUT2D eigenvalue weighted by Gasteiger charge is -2.32. The summed E-state index contributed by atoms with van der Waals surface area (Å²) in [5, 5.41) is 0.0988. The molecule has 6 nitrogen and oxygen atoms in total.